The van der Waals surface area contributed by atoms with Crippen LogP contribution in [0.25, 0.3) is 0 Å². The highest BCUT2D eigenvalue weighted by atomic mass is 16.7. The van der Waals surface area contributed by atoms with Gasteiger partial charge in [-0.15, -0.1) is 0 Å². The van der Waals surface area contributed by atoms with E-state index in [2.05, 4.69) is 60.5 Å². The van der Waals surface area contributed by atoms with Crippen molar-refractivity contribution in [3.63, 3.8) is 0 Å². The molecule has 1 N–H and O–H groups in total. The molecule has 0 saturated carbocycles. The summed E-state index contributed by atoms with van der Waals surface area (Å²) in [6, 6.07) is 0. The Morgan fingerprint density at radius 1 is 0.710 bits per heavy atom. The van der Waals surface area contributed by atoms with E-state index in [1.165, 1.54) is 5.06 Å². The second-order valence-corrected chi connectivity index (χ2v) is 12.2. The van der Waals surface area contributed by atoms with Gasteiger partial charge in [0, 0.05) is 35.4 Å². The molecule has 6 nitrogen and oxygen atoms in total. The van der Waals surface area contributed by atoms with Crippen molar-refractivity contribution in [1.82, 2.24) is 10.1 Å². The molecule has 2 atom stereocenters. The van der Waals surface area contributed by atoms with Crippen LogP contribution in [0.4, 0.5) is 0 Å². The molecule has 2 aliphatic heterocycles. The molecule has 2 rings (SSSR count). The summed E-state index contributed by atoms with van der Waals surface area (Å²) in [5.74, 6) is 0. The van der Waals surface area contributed by atoms with Crippen LogP contribution in [0.15, 0.2) is 0 Å². The highest BCUT2D eigenvalue weighted by Crippen LogP contribution is 2.38. The normalized spacial score (nSPS) is 31.2. The van der Waals surface area contributed by atoms with Crippen molar-refractivity contribution in [2.75, 3.05) is 20.3 Å². The predicted molar refractivity (Wildman–Crippen MR) is 125 cm³/mol. The van der Waals surface area contributed by atoms with Gasteiger partial charge in [0.15, 0.2) is 0 Å². The Balaban J connectivity index is 1.72. The van der Waals surface area contributed by atoms with Crippen LogP contribution in [-0.4, -0.2) is 70.0 Å². The average Bonchev–Trinajstić information content (AvgIpc) is 2.78. The molecule has 0 radical (unpaired) electrons. The number of ether oxygens (including phenoxy) is 2. The van der Waals surface area contributed by atoms with E-state index in [-0.39, 0.29) is 34.4 Å². The number of rotatable bonds is 8. The molecule has 0 bridgehead atoms. The van der Waals surface area contributed by atoms with E-state index in [0.717, 1.165) is 64.6 Å². The van der Waals surface area contributed by atoms with Crippen LogP contribution in [-0.2, 0) is 14.3 Å². The van der Waals surface area contributed by atoms with Gasteiger partial charge in [-0.1, -0.05) is 0 Å². The number of nitrogens with zero attached hydrogens (tertiary/aromatic N) is 2. The summed E-state index contributed by atoms with van der Waals surface area (Å²) in [7, 11) is 1.78. The highest BCUT2D eigenvalue weighted by Gasteiger charge is 2.44. The molecule has 31 heavy (non-hydrogen) atoms. The highest BCUT2D eigenvalue weighted by molar-refractivity contribution is 4.94. The maximum Gasteiger partial charge on any atom is 0.0594 e. The first-order valence-electron chi connectivity index (χ1n) is 12.3. The van der Waals surface area contributed by atoms with E-state index in [4.69, 9.17) is 14.3 Å². The second-order valence-electron chi connectivity index (χ2n) is 12.2. The lowest BCUT2D eigenvalue weighted by Gasteiger charge is -2.44. The van der Waals surface area contributed by atoms with E-state index in [1.807, 2.05) is 0 Å². The Morgan fingerprint density at radius 2 is 1.16 bits per heavy atom. The van der Waals surface area contributed by atoms with Crippen molar-refractivity contribution >= 4 is 0 Å². The standard InChI is InChI=1S/C25H50N2O4/c1-22(2)14-12-20(18-24(5,6)26(22)28)30-16-10-11-17-31-21-13-15-23(3,4)27(29-9)25(7,8)19-21/h20-21,28H,10-19H2,1-9H3. The monoisotopic (exact) mass is 442 g/mol. The van der Waals surface area contributed by atoms with Crippen molar-refractivity contribution in [1.29, 1.82) is 0 Å². The lowest BCUT2D eigenvalue weighted by molar-refractivity contribution is -0.247. The lowest BCUT2D eigenvalue weighted by Crippen LogP contribution is -2.53. The third-order valence-electron chi connectivity index (χ3n) is 7.29. The van der Waals surface area contributed by atoms with Crippen LogP contribution in [0.2, 0.25) is 0 Å². The van der Waals surface area contributed by atoms with Crippen molar-refractivity contribution in [3.05, 3.63) is 0 Å². The Bertz CT molecular complexity index is 562. The quantitative estimate of drug-likeness (QED) is 0.496. The molecule has 6 heteroatoms. The first-order valence-corrected chi connectivity index (χ1v) is 12.3. The second kappa shape index (κ2) is 10.4. The molecule has 0 aromatic rings. The van der Waals surface area contributed by atoms with Crippen LogP contribution in [0.1, 0.15) is 107 Å². The molecule has 0 aromatic carbocycles. The third-order valence-corrected chi connectivity index (χ3v) is 7.29. The Labute approximate surface area is 191 Å². The fraction of sp³-hybridized carbons (Fsp3) is 1.00. The van der Waals surface area contributed by atoms with Gasteiger partial charge in [-0.25, -0.2) is 0 Å². The zero-order chi connectivity index (χ0) is 23.5. The van der Waals surface area contributed by atoms with Gasteiger partial charge < -0.3 is 19.5 Å². The lowest BCUT2D eigenvalue weighted by atomic mass is 9.95. The zero-order valence-electron chi connectivity index (χ0n) is 21.8. The summed E-state index contributed by atoms with van der Waals surface area (Å²) in [6.07, 6.45) is 8.40. The van der Waals surface area contributed by atoms with Crippen LogP contribution >= 0.6 is 0 Å². The summed E-state index contributed by atoms with van der Waals surface area (Å²) in [5.41, 5.74) is -0.530. The van der Waals surface area contributed by atoms with Crippen LogP contribution in [0, 0.1) is 0 Å². The van der Waals surface area contributed by atoms with Crippen molar-refractivity contribution < 1.29 is 19.5 Å². The molecule has 184 valence electrons. The number of hydroxylamine groups is 4. The topological polar surface area (TPSA) is 54.4 Å². The summed E-state index contributed by atoms with van der Waals surface area (Å²) < 4.78 is 12.5. The van der Waals surface area contributed by atoms with Gasteiger partial charge >= 0.3 is 0 Å². The number of hydrogen-bond donors (Lipinski definition) is 1. The molecule has 0 aromatic heterocycles. The van der Waals surface area contributed by atoms with E-state index >= 15 is 0 Å². The summed E-state index contributed by atoms with van der Waals surface area (Å²) >= 11 is 0. The van der Waals surface area contributed by atoms with Gasteiger partial charge in [0.25, 0.3) is 0 Å². The Morgan fingerprint density at radius 3 is 1.65 bits per heavy atom. The van der Waals surface area contributed by atoms with Gasteiger partial charge in [-0.05, 0) is 107 Å². The molecule has 2 heterocycles. The van der Waals surface area contributed by atoms with Gasteiger partial charge in [0.2, 0.25) is 0 Å². The van der Waals surface area contributed by atoms with Crippen LogP contribution < -0.4 is 0 Å². The van der Waals surface area contributed by atoms with Crippen LogP contribution in [0.3, 0.4) is 0 Å². The van der Waals surface area contributed by atoms with Crippen molar-refractivity contribution in [2.45, 2.75) is 141 Å². The molecule has 0 aliphatic carbocycles. The van der Waals surface area contributed by atoms with Gasteiger partial charge in [-0.3, -0.25) is 0 Å². The molecule has 0 spiro atoms. The van der Waals surface area contributed by atoms with Crippen LogP contribution in [0.5, 0.6) is 0 Å². The minimum Gasteiger partial charge on any atom is -0.378 e. The van der Waals surface area contributed by atoms with Gasteiger partial charge in [-0.2, -0.15) is 10.1 Å². The number of unbranched alkanes of at least 4 members (excludes halogenated alkanes) is 1. The minimum absolute atomic E-state index is 0.00933. The fourth-order valence-electron chi connectivity index (χ4n) is 5.85. The minimum atomic E-state index is -0.274. The maximum absolute atomic E-state index is 10.6. The molecule has 2 fully saturated rings. The predicted octanol–water partition coefficient (Wildman–Crippen LogP) is 5.57. The van der Waals surface area contributed by atoms with E-state index in [0.29, 0.717) is 0 Å². The maximum atomic E-state index is 10.6. The smallest absolute Gasteiger partial charge is 0.0594 e. The molecule has 2 unspecified atom stereocenters. The molecule has 0 amide bonds. The van der Waals surface area contributed by atoms with E-state index in [9.17, 15) is 5.21 Å². The Hall–Kier alpha value is -0.240. The third kappa shape index (κ3) is 7.12. The summed E-state index contributed by atoms with van der Waals surface area (Å²) in [6.45, 7) is 19.0. The van der Waals surface area contributed by atoms with Crippen molar-refractivity contribution in [3.8, 4) is 0 Å². The zero-order valence-corrected chi connectivity index (χ0v) is 21.8. The molecule has 2 aliphatic rings. The average molecular weight is 443 g/mol. The van der Waals surface area contributed by atoms with Gasteiger partial charge in [0.05, 0.1) is 19.3 Å². The summed E-state index contributed by atoms with van der Waals surface area (Å²) in [4.78, 5) is 5.75. The first-order chi connectivity index (χ1) is 14.2. The molecular formula is C25H50N2O4. The SMILES string of the molecule is CON1C(C)(C)CCC(OCCCCOC2CCC(C)(C)N(O)C(C)(C)C2)CC1(C)C. The molecule has 2 saturated heterocycles. The van der Waals surface area contributed by atoms with Gasteiger partial charge in [0.1, 0.15) is 0 Å². The van der Waals surface area contributed by atoms with Crippen molar-refractivity contribution in [2.24, 2.45) is 0 Å². The van der Waals surface area contributed by atoms with E-state index in [1.54, 1.807) is 7.11 Å². The first kappa shape index (κ1) is 27.0. The van der Waals surface area contributed by atoms with E-state index < -0.39 is 0 Å². The number of hydrogen-bond acceptors (Lipinski definition) is 6. The fourth-order valence-corrected chi connectivity index (χ4v) is 5.85. The molecular weight excluding hydrogens is 392 g/mol. The largest absolute Gasteiger partial charge is 0.378 e. The summed E-state index contributed by atoms with van der Waals surface area (Å²) in [5, 5.41) is 14.3. The Kier molecular flexibility index (Phi) is 9.02.